The normalized spacial score (nSPS) is 17.4. The number of pyridine rings is 1. The van der Waals surface area contributed by atoms with Crippen LogP contribution in [-0.4, -0.2) is 44.0 Å². The molecule has 1 saturated heterocycles. The smallest absolute Gasteiger partial charge is 0.231 e. The second-order valence-corrected chi connectivity index (χ2v) is 7.47. The van der Waals surface area contributed by atoms with E-state index in [0.717, 1.165) is 35.7 Å². The number of rotatable bonds is 4. The lowest BCUT2D eigenvalue weighted by molar-refractivity contribution is -0.131. The minimum atomic E-state index is 0.0720. The average molecular weight is 369 g/mol. The fraction of sp³-hybridized carbons (Fsp3) is 0.389. The molecule has 3 aromatic rings. The predicted octanol–water partition coefficient (Wildman–Crippen LogP) is 2.85. The lowest BCUT2D eigenvalue weighted by atomic mass is 9.97. The van der Waals surface area contributed by atoms with Gasteiger partial charge in [-0.05, 0) is 31.9 Å². The SMILES string of the molecule is Cc1nc(CC(=O)N2CCCC(c3nc(-c4cccnc4)no3)C2)cs1. The molecular formula is C18H19N5O2S. The van der Waals surface area contributed by atoms with E-state index < -0.39 is 0 Å². The quantitative estimate of drug-likeness (QED) is 0.703. The van der Waals surface area contributed by atoms with E-state index in [4.69, 9.17) is 4.52 Å². The minimum absolute atomic E-state index is 0.0720. The molecular weight excluding hydrogens is 350 g/mol. The number of nitrogens with zero attached hydrogens (tertiary/aromatic N) is 5. The number of likely N-dealkylation sites (tertiary alicyclic amines) is 1. The lowest BCUT2D eigenvalue weighted by Gasteiger charge is -2.30. The molecule has 1 fully saturated rings. The van der Waals surface area contributed by atoms with Crippen LogP contribution in [-0.2, 0) is 11.2 Å². The standard InChI is InChI=1S/C18H19N5O2S/c1-12-20-15(11-26-12)8-16(24)23-7-3-5-14(10-23)18-21-17(22-25-18)13-4-2-6-19-9-13/h2,4,6,9,11,14H,3,5,7-8,10H2,1H3. The zero-order valence-corrected chi connectivity index (χ0v) is 15.3. The van der Waals surface area contributed by atoms with E-state index in [-0.39, 0.29) is 11.8 Å². The minimum Gasteiger partial charge on any atom is -0.342 e. The molecule has 1 unspecified atom stereocenters. The second kappa shape index (κ2) is 7.33. The molecule has 7 nitrogen and oxygen atoms in total. The Bertz CT molecular complexity index is 892. The van der Waals surface area contributed by atoms with Gasteiger partial charge in [-0.3, -0.25) is 9.78 Å². The summed E-state index contributed by atoms with van der Waals surface area (Å²) in [5.41, 5.74) is 1.67. The van der Waals surface area contributed by atoms with Gasteiger partial charge < -0.3 is 9.42 Å². The summed E-state index contributed by atoms with van der Waals surface area (Å²) >= 11 is 1.57. The van der Waals surface area contributed by atoms with Crippen LogP contribution >= 0.6 is 11.3 Å². The van der Waals surface area contributed by atoms with Gasteiger partial charge in [0, 0.05) is 36.4 Å². The van der Waals surface area contributed by atoms with Gasteiger partial charge in [-0.2, -0.15) is 4.98 Å². The molecule has 4 heterocycles. The van der Waals surface area contributed by atoms with Crippen LogP contribution in [0.2, 0.25) is 0 Å². The van der Waals surface area contributed by atoms with Crippen LogP contribution in [0.25, 0.3) is 11.4 Å². The third kappa shape index (κ3) is 3.65. The zero-order chi connectivity index (χ0) is 17.9. The zero-order valence-electron chi connectivity index (χ0n) is 14.5. The summed E-state index contributed by atoms with van der Waals surface area (Å²) in [7, 11) is 0. The number of piperidine rings is 1. The van der Waals surface area contributed by atoms with Crippen molar-refractivity contribution >= 4 is 17.2 Å². The van der Waals surface area contributed by atoms with Crippen molar-refractivity contribution < 1.29 is 9.32 Å². The van der Waals surface area contributed by atoms with E-state index in [0.29, 0.717) is 24.7 Å². The van der Waals surface area contributed by atoms with Gasteiger partial charge in [0.25, 0.3) is 0 Å². The number of carbonyl (C=O) groups is 1. The van der Waals surface area contributed by atoms with Gasteiger partial charge in [-0.15, -0.1) is 11.3 Å². The molecule has 3 aromatic heterocycles. The molecule has 134 valence electrons. The van der Waals surface area contributed by atoms with Crippen molar-refractivity contribution in [2.45, 2.75) is 32.1 Å². The molecule has 1 aliphatic heterocycles. The number of amides is 1. The molecule has 1 aliphatic rings. The summed E-state index contributed by atoms with van der Waals surface area (Å²) in [4.78, 5) is 27.5. The van der Waals surface area contributed by atoms with Crippen molar-refractivity contribution in [3.8, 4) is 11.4 Å². The molecule has 0 aliphatic carbocycles. The van der Waals surface area contributed by atoms with Gasteiger partial charge in [0.15, 0.2) is 0 Å². The highest BCUT2D eigenvalue weighted by molar-refractivity contribution is 7.09. The molecule has 4 rings (SSSR count). The van der Waals surface area contributed by atoms with E-state index in [9.17, 15) is 4.79 Å². The topological polar surface area (TPSA) is 85.0 Å². The largest absolute Gasteiger partial charge is 0.342 e. The molecule has 0 N–H and O–H groups in total. The van der Waals surface area contributed by atoms with Crippen molar-refractivity contribution in [2.75, 3.05) is 13.1 Å². The first-order chi connectivity index (χ1) is 12.7. The maximum Gasteiger partial charge on any atom is 0.231 e. The Morgan fingerprint density at radius 3 is 3.12 bits per heavy atom. The van der Waals surface area contributed by atoms with Gasteiger partial charge >= 0.3 is 0 Å². The van der Waals surface area contributed by atoms with Crippen LogP contribution in [0.4, 0.5) is 0 Å². The van der Waals surface area contributed by atoms with Crippen LogP contribution in [0.15, 0.2) is 34.4 Å². The number of hydrogen-bond donors (Lipinski definition) is 0. The fourth-order valence-corrected chi connectivity index (χ4v) is 3.79. The van der Waals surface area contributed by atoms with Crippen molar-refractivity contribution in [2.24, 2.45) is 0 Å². The van der Waals surface area contributed by atoms with Crippen LogP contribution < -0.4 is 0 Å². The van der Waals surface area contributed by atoms with Gasteiger partial charge in [0.2, 0.25) is 17.6 Å². The Hall–Kier alpha value is -2.61. The first-order valence-corrected chi connectivity index (χ1v) is 9.50. The Kier molecular flexibility index (Phi) is 4.75. The number of aryl methyl sites for hydroxylation is 1. The number of hydrogen-bond acceptors (Lipinski definition) is 7. The van der Waals surface area contributed by atoms with Crippen LogP contribution in [0.3, 0.4) is 0 Å². The van der Waals surface area contributed by atoms with Crippen molar-refractivity contribution in [1.82, 2.24) is 25.0 Å². The third-order valence-electron chi connectivity index (χ3n) is 4.48. The molecule has 0 radical (unpaired) electrons. The summed E-state index contributed by atoms with van der Waals surface area (Å²) in [6, 6.07) is 3.74. The molecule has 26 heavy (non-hydrogen) atoms. The third-order valence-corrected chi connectivity index (χ3v) is 5.31. The van der Waals surface area contributed by atoms with Crippen molar-refractivity contribution in [3.63, 3.8) is 0 Å². The van der Waals surface area contributed by atoms with Crippen LogP contribution in [0.5, 0.6) is 0 Å². The van der Waals surface area contributed by atoms with Gasteiger partial charge in [-0.1, -0.05) is 5.16 Å². The van der Waals surface area contributed by atoms with Crippen LogP contribution in [0.1, 0.15) is 35.4 Å². The number of aromatic nitrogens is 4. The predicted molar refractivity (Wildman–Crippen MR) is 96.6 cm³/mol. The van der Waals surface area contributed by atoms with Crippen molar-refractivity contribution in [1.29, 1.82) is 0 Å². The highest BCUT2D eigenvalue weighted by Gasteiger charge is 2.29. The van der Waals surface area contributed by atoms with Gasteiger partial charge in [0.05, 0.1) is 23.0 Å². The summed E-state index contributed by atoms with van der Waals surface area (Å²) in [5, 5.41) is 7.00. The maximum atomic E-state index is 12.6. The monoisotopic (exact) mass is 369 g/mol. The lowest BCUT2D eigenvalue weighted by Crippen LogP contribution is -2.40. The molecule has 0 aromatic carbocycles. The molecule has 8 heteroatoms. The Labute approximate surface area is 155 Å². The summed E-state index contributed by atoms with van der Waals surface area (Å²) < 4.78 is 5.47. The molecule has 0 saturated carbocycles. The molecule has 0 bridgehead atoms. The second-order valence-electron chi connectivity index (χ2n) is 6.41. The van der Waals surface area contributed by atoms with E-state index in [1.807, 2.05) is 29.3 Å². The van der Waals surface area contributed by atoms with E-state index in [1.165, 1.54) is 0 Å². The van der Waals surface area contributed by atoms with E-state index >= 15 is 0 Å². The number of carbonyl (C=O) groups excluding carboxylic acids is 1. The maximum absolute atomic E-state index is 12.6. The van der Waals surface area contributed by atoms with E-state index in [1.54, 1.807) is 23.7 Å². The summed E-state index contributed by atoms with van der Waals surface area (Å²) in [6.45, 7) is 3.32. The van der Waals surface area contributed by atoms with Crippen LogP contribution in [0, 0.1) is 6.92 Å². The summed E-state index contributed by atoms with van der Waals surface area (Å²) in [5.74, 6) is 1.30. The average Bonchev–Trinajstić information content (AvgIpc) is 3.32. The highest BCUT2D eigenvalue weighted by Crippen LogP contribution is 2.27. The van der Waals surface area contributed by atoms with Gasteiger partial charge in [-0.25, -0.2) is 4.98 Å². The fourth-order valence-electron chi connectivity index (χ4n) is 3.17. The Balaban J connectivity index is 1.43. The highest BCUT2D eigenvalue weighted by atomic mass is 32.1. The van der Waals surface area contributed by atoms with Gasteiger partial charge in [0.1, 0.15) is 0 Å². The Morgan fingerprint density at radius 1 is 1.42 bits per heavy atom. The first kappa shape index (κ1) is 16.8. The first-order valence-electron chi connectivity index (χ1n) is 8.62. The number of thiazole rings is 1. The summed E-state index contributed by atoms with van der Waals surface area (Å²) in [6.07, 6.45) is 5.63. The molecule has 0 spiro atoms. The van der Waals surface area contributed by atoms with E-state index in [2.05, 4.69) is 20.1 Å². The Morgan fingerprint density at radius 2 is 2.35 bits per heavy atom. The van der Waals surface area contributed by atoms with Crippen molar-refractivity contribution in [3.05, 3.63) is 46.5 Å². The molecule has 1 amide bonds. The molecule has 1 atom stereocenters.